The second-order valence-corrected chi connectivity index (χ2v) is 11.4. The summed E-state index contributed by atoms with van der Waals surface area (Å²) in [5.41, 5.74) is 3.19. The van der Waals surface area contributed by atoms with Crippen molar-refractivity contribution in [3.8, 4) is 0 Å². The van der Waals surface area contributed by atoms with E-state index in [-0.39, 0.29) is 44.4 Å². The standard InChI is InChI=1S/C28H34N4O3.C2H4O2.HI.2H2/c1-16-11-21(17(2)29-23-10-8-7-9-20(23)26(34)35-28(3,4)5)24-22(12-16)25(33)31(6)27(30-24)32-14-18-13-19(18)15-32;1-4-2-3;;;/h7-12,17-19,29H,13-15H2,1-6H3;2H,1H3;3*1H/t17?,18-,19?;;;;/m1..../s1. The quantitative estimate of drug-likeness (QED) is 0.203. The molecular formula is C30H43IN4O5. The molecule has 1 aromatic heterocycles. The van der Waals surface area contributed by atoms with Crippen LogP contribution in [0, 0.1) is 18.8 Å². The van der Waals surface area contributed by atoms with Crippen LogP contribution in [0.5, 0.6) is 0 Å². The van der Waals surface area contributed by atoms with E-state index >= 15 is 0 Å². The van der Waals surface area contributed by atoms with Gasteiger partial charge in [-0.2, -0.15) is 0 Å². The fourth-order valence-corrected chi connectivity index (χ4v) is 5.15. The molecule has 0 spiro atoms. The van der Waals surface area contributed by atoms with Crippen LogP contribution in [0.15, 0.2) is 41.2 Å². The number of hydrogen-bond acceptors (Lipinski definition) is 8. The van der Waals surface area contributed by atoms with Crippen LogP contribution in [0.25, 0.3) is 10.9 Å². The molecule has 220 valence electrons. The number of carbonyl (C=O) groups excluding carboxylic acids is 2. The molecule has 5 rings (SSSR count). The Kier molecular flexibility index (Phi) is 9.86. The maximum absolute atomic E-state index is 13.4. The third kappa shape index (κ3) is 6.94. The average Bonchev–Trinajstić information content (AvgIpc) is 3.49. The maximum atomic E-state index is 13.4. The first-order valence-corrected chi connectivity index (χ1v) is 13.2. The van der Waals surface area contributed by atoms with Crippen molar-refractivity contribution in [2.24, 2.45) is 18.9 Å². The lowest BCUT2D eigenvalue weighted by Gasteiger charge is -2.24. The summed E-state index contributed by atoms with van der Waals surface area (Å²) >= 11 is 0. The van der Waals surface area contributed by atoms with Crippen LogP contribution >= 0.6 is 24.0 Å². The summed E-state index contributed by atoms with van der Waals surface area (Å²) in [6, 6.07) is 11.2. The van der Waals surface area contributed by atoms with Gasteiger partial charge in [-0.25, -0.2) is 9.78 Å². The number of fused-ring (bicyclic) bond motifs is 2. The number of anilines is 2. The first-order valence-electron chi connectivity index (χ1n) is 13.2. The van der Waals surface area contributed by atoms with E-state index in [1.54, 1.807) is 10.6 Å². The minimum absolute atomic E-state index is 0. The minimum atomic E-state index is -0.584. The van der Waals surface area contributed by atoms with E-state index in [0.29, 0.717) is 28.6 Å². The number of aryl methyl sites for hydroxylation is 1. The lowest BCUT2D eigenvalue weighted by molar-refractivity contribution is -0.126. The highest BCUT2D eigenvalue weighted by Crippen LogP contribution is 2.46. The largest absolute Gasteiger partial charge is 0.471 e. The molecule has 1 aliphatic heterocycles. The molecule has 2 aromatic carbocycles. The number of benzene rings is 2. The van der Waals surface area contributed by atoms with Gasteiger partial charge in [0.15, 0.2) is 0 Å². The number of aromatic nitrogens is 2. The molecule has 3 aromatic rings. The zero-order valence-electron chi connectivity index (χ0n) is 24.2. The van der Waals surface area contributed by atoms with Crippen LogP contribution in [-0.4, -0.2) is 47.8 Å². The number of para-hydroxylation sites is 1. The van der Waals surface area contributed by atoms with Gasteiger partial charge in [0.05, 0.1) is 29.6 Å². The van der Waals surface area contributed by atoms with Crippen LogP contribution in [0.2, 0.25) is 0 Å². The number of piperidine rings is 1. The number of ether oxygens (including phenoxy) is 2. The van der Waals surface area contributed by atoms with Crippen molar-refractivity contribution in [2.75, 3.05) is 30.4 Å². The first kappa shape index (κ1) is 31.4. The lowest BCUT2D eigenvalue weighted by atomic mass is 10.0. The smallest absolute Gasteiger partial charge is 0.340 e. The van der Waals surface area contributed by atoms with Crippen molar-refractivity contribution in [3.63, 3.8) is 0 Å². The molecule has 2 aliphatic rings. The van der Waals surface area contributed by atoms with Gasteiger partial charge in [0.2, 0.25) is 5.95 Å². The van der Waals surface area contributed by atoms with E-state index in [2.05, 4.69) is 21.0 Å². The average molecular weight is 667 g/mol. The Labute approximate surface area is 255 Å². The van der Waals surface area contributed by atoms with E-state index < -0.39 is 5.60 Å². The van der Waals surface area contributed by atoms with Crippen LogP contribution in [0.3, 0.4) is 0 Å². The monoisotopic (exact) mass is 666 g/mol. The summed E-state index contributed by atoms with van der Waals surface area (Å²) in [6.07, 6.45) is 1.29. The molecule has 9 nitrogen and oxygen atoms in total. The molecule has 1 N–H and O–H groups in total. The van der Waals surface area contributed by atoms with Crippen LogP contribution in [0.4, 0.5) is 11.6 Å². The van der Waals surface area contributed by atoms with Gasteiger partial charge in [0.25, 0.3) is 12.0 Å². The molecule has 1 saturated heterocycles. The van der Waals surface area contributed by atoms with Gasteiger partial charge in [-0.15, -0.1) is 24.0 Å². The Hall–Kier alpha value is -3.15. The third-order valence-corrected chi connectivity index (χ3v) is 7.07. The molecule has 0 radical (unpaired) electrons. The first-order chi connectivity index (χ1) is 18.4. The Balaban J connectivity index is 0.00000119. The summed E-state index contributed by atoms with van der Waals surface area (Å²) in [6.45, 7) is 11.9. The highest BCUT2D eigenvalue weighted by molar-refractivity contribution is 14.0. The summed E-state index contributed by atoms with van der Waals surface area (Å²) < 4.78 is 11.2. The number of rotatable bonds is 6. The van der Waals surface area contributed by atoms with E-state index in [9.17, 15) is 9.59 Å². The topological polar surface area (TPSA) is 103 Å². The third-order valence-electron chi connectivity index (χ3n) is 7.07. The van der Waals surface area contributed by atoms with Gasteiger partial charge < -0.3 is 19.7 Å². The van der Waals surface area contributed by atoms with Crippen molar-refractivity contribution in [2.45, 2.75) is 52.7 Å². The molecule has 2 heterocycles. The molecule has 1 saturated carbocycles. The summed E-state index contributed by atoms with van der Waals surface area (Å²) in [5.74, 6) is 1.85. The van der Waals surface area contributed by atoms with E-state index in [1.165, 1.54) is 13.5 Å². The second kappa shape index (κ2) is 12.6. The Bertz CT molecular complexity index is 1450. The highest BCUT2D eigenvalue weighted by atomic mass is 127. The molecule has 1 aliphatic carbocycles. The Morgan fingerprint density at radius 3 is 2.42 bits per heavy atom. The van der Waals surface area contributed by atoms with Gasteiger partial charge in [-0.05, 0) is 76.6 Å². The van der Waals surface area contributed by atoms with Gasteiger partial charge in [0.1, 0.15) is 5.60 Å². The number of halogens is 1. The van der Waals surface area contributed by atoms with E-state index in [1.807, 2.05) is 65.9 Å². The van der Waals surface area contributed by atoms with Crippen LogP contribution < -0.4 is 15.8 Å². The molecule has 2 fully saturated rings. The van der Waals surface area contributed by atoms with Gasteiger partial charge >= 0.3 is 5.97 Å². The maximum Gasteiger partial charge on any atom is 0.340 e. The predicted octanol–water partition coefficient (Wildman–Crippen LogP) is 5.73. The second-order valence-electron chi connectivity index (χ2n) is 11.4. The van der Waals surface area contributed by atoms with Gasteiger partial charge in [-0.3, -0.25) is 14.2 Å². The fourth-order valence-electron chi connectivity index (χ4n) is 5.15. The van der Waals surface area contributed by atoms with Crippen molar-refractivity contribution in [3.05, 3.63) is 63.4 Å². The van der Waals surface area contributed by atoms with Crippen LogP contribution in [0.1, 0.15) is 64.5 Å². The lowest BCUT2D eigenvalue weighted by Crippen LogP contribution is -2.31. The molecule has 40 heavy (non-hydrogen) atoms. The summed E-state index contributed by atoms with van der Waals surface area (Å²) in [4.78, 5) is 42.5. The number of hydrogen-bond donors (Lipinski definition) is 1. The number of nitrogens with one attached hydrogen (secondary N) is 1. The van der Waals surface area contributed by atoms with Crippen molar-refractivity contribution < 1.29 is 21.9 Å². The van der Waals surface area contributed by atoms with Crippen molar-refractivity contribution in [1.82, 2.24) is 9.55 Å². The number of methoxy groups -OCH3 is 1. The highest BCUT2D eigenvalue weighted by Gasteiger charge is 2.46. The zero-order chi connectivity index (χ0) is 28.5. The zero-order valence-corrected chi connectivity index (χ0v) is 26.5. The fraction of sp³-hybridized carbons (Fsp3) is 0.467. The molecule has 0 amide bonds. The van der Waals surface area contributed by atoms with E-state index in [0.717, 1.165) is 42.0 Å². The number of esters is 1. The minimum Gasteiger partial charge on any atom is -0.471 e. The molecule has 0 bridgehead atoms. The van der Waals surface area contributed by atoms with Crippen molar-refractivity contribution >= 4 is 59.0 Å². The summed E-state index contributed by atoms with van der Waals surface area (Å²) in [5, 5.41) is 4.10. The molecule has 10 heteroatoms. The van der Waals surface area contributed by atoms with Gasteiger partial charge in [0, 0.05) is 34.2 Å². The van der Waals surface area contributed by atoms with Crippen molar-refractivity contribution in [1.29, 1.82) is 0 Å². The number of nitrogens with zero attached hydrogens (tertiary/aromatic N) is 3. The van der Waals surface area contributed by atoms with Crippen LogP contribution in [-0.2, 0) is 21.3 Å². The Morgan fingerprint density at radius 2 is 1.82 bits per heavy atom. The molecule has 2 unspecified atom stereocenters. The Morgan fingerprint density at radius 1 is 1.20 bits per heavy atom. The predicted molar refractivity (Wildman–Crippen MR) is 172 cm³/mol. The van der Waals surface area contributed by atoms with Gasteiger partial charge in [-0.1, -0.05) is 18.2 Å². The normalized spacial score (nSPS) is 18.0. The van der Waals surface area contributed by atoms with E-state index in [4.69, 9.17) is 14.5 Å². The number of carbonyl (C=O) groups is 2. The molecular weight excluding hydrogens is 623 g/mol. The SMILES string of the molecule is COC=O.Cc1cc(C(C)Nc2ccccc2C(=O)OC(C)(C)C)c2nc(N3CC4C[C@@H]4C3)n(C)c(=O)c2c1.I.[HH].[HH]. The molecule has 3 atom stereocenters. The summed E-state index contributed by atoms with van der Waals surface area (Å²) in [7, 11) is 3.13.